The zero-order chi connectivity index (χ0) is 25.6. The number of thiazole rings is 2. The second-order valence-corrected chi connectivity index (χ2v) is 13.0. The minimum atomic E-state index is -3.91. The van der Waals surface area contributed by atoms with Crippen LogP contribution in [0.5, 0.6) is 5.88 Å². The molecule has 3 heterocycles. The smallest absolute Gasteiger partial charge is 0.307 e. The first-order valence-electron chi connectivity index (χ1n) is 10.7. The summed E-state index contributed by atoms with van der Waals surface area (Å²) in [5.74, 6) is -1.09. The number of nitrogens with one attached hydrogen (secondary N) is 1. The quantitative estimate of drug-likeness (QED) is 0.305. The van der Waals surface area contributed by atoms with Crippen LogP contribution in [-0.2, 0) is 16.3 Å². The Labute approximate surface area is 212 Å². The van der Waals surface area contributed by atoms with E-state index >= 15 is 4.39 Å². The second-order valence-electron chi connectivity index (χ2n) is 8.24. The molecular formula is C23H19FN4O5S3. The van der Waals surface area contributed by atoms with Crippen molar-refractivity contribution < 1.29 is 22.3 Å². The molecule has 0 bridgehead atoms. The Morgan fingerprint density at radius 1 is 1.11 bits per heavy atom. The Morgan fingerprint density at radius 3 is 2.53 bits per heavy atom. The average molecular weight is 547 g/mol. The molecule has 5 rings (SSSR count). The van der Waals surface area contributed by atoms with Gasteiger partial charge >= 0.3 is 4.87 Å². The van der Waals surface area contributed by atoms with Gasteiger partial charge in [-0.1, -0.05) is 41.7 Å². The van der Waals surface area contributed by atoms with Crippen LogP contribution in [0.3, 0.4) is 0 Å². The van der Waals surface area contributed by atoms with E-state index in [0.29, 0.717) is 10.3 Å². The highest BCUT2D eigenvalue weighted by Crippen LogP contribution is 2.39. The first-order chi connectivity index (χ1) is 17.1. The summed E-state index contributed by atoms with van der Waals surface area (Å²) < 4.78 is 47.9. The molecular weight excluding hydrogens is 527 g/mol. The Kier molecular flexibility index (Phi) is 6.22. The predicted octanol–water partition coefficient (Wildman–Crippen LogP) is 4.44. The molecule has 0 aliphatic carbocycles. The van der Waals surface area contributed by atoms with E-state index in [1.54, 1.807) is 6.07 Å². The first-order valence-corrected chi connectivity index (χ1v) is 14.0. The number of rotatable bonds is 7. The van der Waals surface area contributed by atoms with Crippen molar-refractivity contribution >= 4 is 42.7 Å². The lowest BCUT2D eigenvalue weighted by Gasteiger charge is -2.14. The van der Waals surface area contributed by atoms with Crippen molar-refractivity contribution in [3.63, 3.8) is 0 Å². The van der Waals surface area contributed by atoms with E-state index in [-0.39, 0.29) is 39.5 Å². The number of sulfone groups is 1. The highest BCUT2D eigenvalue weighted by Gasteiger charge is 2.39. The van der Waals surface area contributed by atoms with E-state index in [9.17, 15) is 18.3 Å². The molecule has 36 heavy (non-hydrogen) atoms. The summed E-state index contributed by atoms with van der Waals surface area (Å²) in [6.07, 6.45) is -0.0639. The fourth-order valence-electron chi connectivity index (χ4n) is 3.63. The van der Waals surface area contributed by atoms with Crippen molar-refractivity contribution in [3.8, 4) is 17.0 Å². The van der Waals surface area contributed by atoms with Crippen LogP contribution < -0.4 is 4.87 Å². The lowest BCUT2D eigenvalue weighted by Crippen LogP contribution is -2.23. The summed E-state index contributed by atoms with van der Waals surface area (Å²) in [6.45, 7) is 3.05. The van der Waals surface area contributed by atoms with Crippen LogP contribution in [-0.4, -0.2) is 38.9 Å². The van der Waals surface area contributed by atoms with Gasteiger partial charge in [-0.25, -0.2) is 17.8 Å². The van der Waals surface area contributed by atoms with Crippen LogP contribution in [0.25, 0.3) is 21.3 Å². The zero-order valence-corrected chi connectivity index (χ0v) is 21.4. The number of hydrogen-bond acceptors (Lipinski definition) is 10. The van der Waals surface area contributed by atoms with E-state index in [0.717, 1.165) is 28.2 Å². The number of H-pyrrole nitrogens is 1. The van der Waals surface area contributed by atoms with Gasteiger partial charge in [0.05, 0.1) is 21.2 Å². The SMILES string of the molecule is CC(C)S(=O)(=O)C(c1nnc(Cc2sc(=O)[nH]c2O)o1)c1nc2c(F)cc(-c3ccccc3)cc2s1. The molecule has 1 atom stereocenters. The third-order valence-electron chi connectivity index (χ3n) is 5.50. The highest BCUT2D eigenvalue weighted by atomic mass is 32.2. The van der Waals surface area contributed by atoms with Gasteiger partial charge in [0.25, 0.3) is 0 Å². The van der Waals surface area contributed by atoms with E-state index < -0.39 is 31.0 Å². The summed E-state index contributed by atoms with van der Waals surface area (Å²) in [7, 11) is -3.91. The minimum Gasteiger partial charge on any atom is -0.494 e. The molecule has 0 aliphatic rings. The van der Waals surface area contributed by atoms with Crippen molar-refractivity contribution in [1.29, 1.82) is 0 Å². The van der Waals surface area contributed by atoms with Crippen LogP contribution in [0.1, 0.15) is 40.8 Å². The fourth-order valence-corrected chi connectivity index (χ4v) is 7.14. The number of hydrogen-bond donors (Lipinski definition) is 2. The molecule has 0 saturated carbocycles. The maximum absolute atomic E-state index is 15.0. The molecule has 2 aromatic carbocycles. The van der Waals surface area contributed by atoms with Crippen LogP contribution in [0.4, 0.5) is 4.39 Å². The van der Waals surface area contributed by atoms with Crippen molar-refractivity contribution in [3.05, 3.63) is 79.6 Å². The molecule has 0 spiro atoms. The third-order valence-corrected chi connectivity index (χ3v) is 9.99. The summed E-state index contributed by atoms with van der Waals surface area (Å²) in [6, 6.07) is 12.4. The van der Waals surface area contributed by atoms with Crippen LogP contribution in [0.15, 0.2) is 51.7 Å². The van der Waals surface area contributed by atoms with E-state index in [4.69, 9.17) is 4.42 Å². The molecule has 0 amide bonds. The summed E-state index contributed by atoms with van der Waals surface area (Å²) >= 11 is 1.82. The third kappa shape index (κ3) is 4.45. The number of nitrogens with zero attached hydrogens (tertiary/aromatic N) is 3. The minimum absolute atomic E-state index is 0.0122. The number of aromatic nitrogens is 4. The molecule has 9 nitrogen and oxygen atoms in total. The normalized spacial score (nSPS) is 13.0. The van der Waals surface area contributed by atoms with Crippen molar-refractivity contribution in [2.45, 2.75) is 30.8 Å². The van der Waals surface area contributed by atoms with Gasteiger partial charge in [-0.3, -0.25) is 9.78 Å². The largest absolute Gasteiger partial charge is 0.494 e. The Hall–Kier alpha value is -3.42. The molecule has 1 unspecified atom stereocenters. The van der Waals surface area contributed by atoms with Crippen molar-refractivity contribution in [1.82, 2.24) is 20.2 Å². The monoisotopic (exact) mass is 546 g/mol. The van der Waals surface area contributed by atoms with Gasteiger partial charge in [-0.15, -0.1) is 21.5 Å². The molecule has 3 aromatic heterocycles. The molecule has 0 aliphatic heterocycles. The van der Waals surface area contributed by atoms with E-state index in [1.165, 1.54) is 19.9 Å². The van der Waals surface area contributed by atoms with Gasteiger partial charge in [-0.2, -0.15) is 0 Å². The van der Waals surface area contributed by atoms with Crippen LogP contribution in [0.2, 0.25) is 0 Å². The van der Waals surface area contributed by atoms with E-state index in [1.807, 2.05) is 30.3 Å². The summed E-state index contributed by atoms with van der Waals surface area (Å²) in [5.41, 5.74) is 1.52. The topological polar surface area (TPSA) is 139 Å². The number of halogens is 1. The first kappa shape index (κ1) is 24.3. The molecule has 13 heteroatoms. The van der Waals surface area contributed by atoms with Crippen LogP contribution >= 0.6 is 22.7 Å². The van der Waals surface area contributed by atoms with Crippen molar-refractivity contribution in [2.75, 3.05) is 0 Å². The molecule has 0 fully saturated rings. The Balaban J connectivity index is 1.59. The standard InChI is InChI=1S/C23H19FN4O5S3/c1-11(2)36(31,32)19(21-28-27-17(33-21)10-16-20(29)26-23(30)35-16)22-25-18-14(24)8-13(9-15(18)34-22)12-6-4-3-5-7-12/h3-9,11,19,29H,10H2,1-2H3,(H,26,30). The van der Waals surface area contributed by atoms with Crippen molar-refractivity contribution in [2.24, 2.45) is 0 Å². The van der Waals surface area contributed by atoms with E-state index in [2.05, 4.69) is 20.2 Å². The van der Waals surface area contributed by atoms with Gasteiger partial charge in [0, 0.05) is 0 Å². The maximum atomic E-state index is 15.0. The molecule has 2 N–H and O–H groups in total. The predicted molar refractivity (Wildman–Crippen MR) is 135 cm³/mol. The van der Waals surface area contributed by atoms with Gasteiger partial charge in [0.15, 0.2) is 20.9 Å². The number of benzene rings is 2. The van der Waals surface area contributed by atoms with Gasteiger partial charge in [0.2, 0.25) is 17.7 Å². The molecule has 186 valence electrons. The van der Waals surface area contributed by atoms with Gasteiger partial charge < -0.3 is 9.52 Å². The zero-order valence-electron chi connectivity index (χ0n) is 18.9. The maximum Gasteiger partial charge on any atom is 0.307 e. The second kappa shape index (κ2) is 9.22. The summed E-state index contributed by atoms with van der Waals surface area (Å²) in [4.78, 5) is 17.9. The molecule has 0 saturated heterocycles. The Bertz CT molecular complexity index is 1720. The molecule has 0 radical (unpaired) electrons. The number of aromatic hydroxyl groups is 1. The van der Waals surface area contributed by atoms with Gasteiger partial charge in [0.1, 0.15) is 10.5 Å². The molecule has 5 aromatic rings. The van der Waals surface area contributed by atoms with Crippen LogP contribution in [0, 0.1) is 5.82 Å². The lowest BCUT2D eigenvalue weighted by atomic mass is 10.1. The highest BCUT2D eigenvalue weighted by molar-refractivity contribution is 7.92. The summed E-state index contributed by atoms with van der Waals surface area (Å²) in [5, 5.41) is 15.6. The lowest BCUT2D eigenvalue weighted by molar-refractivity contribution is 0.437. The fraction of sp³-hybridized carbons (Fsp3) is 0.217. The Morgan fingerprint density at radius 2 is 1.86 bits per heavy atom. The average Bonchev–Trinajstić information content (AvgIpc) is 3.54. The number of aromatic amines is 1. The number of fused-ring (bicyclic) bond motifs is 1. The van der Waals surface area contributed by atoms with Gasteiger partial charge in [-0.05, 0) is 37.1 Å².